The molecule has 7 heteroatoms. The SMILES string of the molecule is N#Cc1ccc(/C=C2/SC(=S)N(/N=C/c3ccc(O)cc3)C2=O)cc1. The molecule has 0 aromatic heterocycles. The van der Waals surface area contributed by atoms with Crippen molar-refractivity contribution in [3.05, 3.63) is 70.1 Å². The van der Waals surface area contributed by atoms with Crippen molar-refractivity contribution in [2.75, 3.05) is 0 Å². The quantitative estimate of drug-likeness (QED) is 0.512. The summed E-state index contributed by atoms with van der Waals surface area (Å²) in [7, 11) is 0. The summed E-state index contributed by atoms with van der Waals surface area (Å²) >= 11 is 6.39. The monoisotopic (exact) mass is 365 g/mol. The molecule has 1 N–H and O–H groups in total. The van der Waals surface area contributed by atoms with Gasteiger partial charge in [-0.2, -0.15) is 15.4 Å². The number of hydrogen-bond donors (Lipinski definition) is 1. The Kier molecular flexibility index (Phi) is 4.93. The van der Waals surface area contributed by atoms with E-state index in [0.29, 0.717) is 14.8 Å². The van der Waals surface area contributed by atoms with Gasteiger partial charge in [0.25, 0.3) is 5.91 Å². The molecule has 0 unspecified atom stereocenters. The third kappa shape index (κ3) is 3.94. The van der Waals surface area contributed by atoms with E-state index in [2.05, 4.69) is 5.10 Å². The Morgan fingerprint density at radius 3 is 2.40 bits per heavy atom. The van der Waals surface area contributed by atoms with Crippen molar-refractivity contribution >= 4 is 46.5 Å². The summed E-state index contributed by atoms with van der Waals surface area (Å²) in [5.41, 5.74) is 2.10. The lowest BCUT2D eigenvalue weighted by Crippen LogP contribution is -2.22. The van der Waals surface area contributed by atoms with Gasteiger partial charge in [0.15, 0.2) is 4.32 Å². The van der Waals surface area contributed by atoms with Crippen molar-refractivity contribution in [2.45, 2.75) is 0 Å². The standard InChI is InChI=1S/C18H11N3O2S2/c19-10-13-3-1-12(2-4-13)9-16-17(23)21(18(24)25-16)20-11-14-5-7-15(22)8-6-14/h1-9,11,22H/b16-9+,20-11+. The van der Waals surface area contributed by atoms with Gasteiger partial charge in [0.2, 0.25) is 0 Å². The number of hydrogen-bond acceptors (Lipinski definition) is 6. The molecule has 0 spiro atoms. The third-order valence-corrected chi connectivity index (χ3v) is 4.61. The third-order valence-electron chi connectivity index (χ3n) is 3.33. The van der Waals surface area contributed by atoms with E-state index in [4.69, 9.17) is 17.5 Å². The molecule has 1 heterocycles. The van der Waals surface area contributed by atoms with Crippen LogP contribution in [0.25, 0.3) is 6.08 Å². The number of thiocarbonyl (C=S) groups is 1. The number of nitriles is 1. The highest BCUT2D eigenvalue weighted by Crippen LogP contribution is 2.32. The number of carbonyl (C=O) groups is 1. The predicted octanol–water partition coefficient (Wildman–Crippen LogP) is 3.50. The van der Waals surface area contributed by atoms with Gasteiger partial charge in [-0.3, -0.25) is 4.79 Å². The molecule has 1 fully saturated rings. The number of aromatic hydroxyl groups is 1. The summed E-state index contributed by atoms with van der Waals surface area (Å²) < 4.78 is 0.347. The Balaban J connectivity index is 1.78. The number of phenolic OH excluding ortho intramolecular Hbond substituents is 1. The molecule has 122 valence electrons. The molecule has 0 atom stereocenters. The molecule has 1 aliphatic heterocycles. The van der Waals surface area contributed by atoms with Crippen LogP contribution in [0, 0.1) is 11.3 Å². The van der Waals surface area contributed by atoms with Gasteiger partial charge in [-0.25, -0.2) is 0 Å². The molecular weight excluding hydrogens is 354 g/mol. The highest BCUT2D eigenvalue weighted by atomic mass is 32.2. The zero-order valence-corrected chi connectivity index (χ0v) is 14.4. The van der Waals surface area contributed by atoms with Gasteiger partial charge in [-0.05, 0) is 65.8 Å². The van der Waals surface area contributed by atoms with E-state index in [1.807, 2.05) is 6.07 Å². The highest BCUT2D eigenvalue weighted by Gasteiger charge is 2.31. The van der Waals surface area contributed by atoms with Crippen molar-refractivity contribution in [1.82, 2.24) is 5.01 Å². The van der Waals surface area contributed by atoms with Gasteiger partial charge >= 0.3 is 0 Å². The highest BCUT2D eigenvalue weighted by molar-refractivity contribution is 8.26. The fourth-order valence-corrected chi connectivity index (χ4v) is 3.22. The Labute approximate surface area is 153 Å². The lowest BCUT2D eigenvalue weighted by Gasteiger charge is -2.06. The largest absolute Gasteiger partial charge is 0.508 e. The number of carbonyl (C=O) groups excluding carboxylic acids is 1. The molecular formula is C18H11N3O2S2. The van der Waals surface area contributed by atoms with E-state index in [1.165, 1.54) is 35.1 Å². The molecule has 0 bridgehead atoms. The first kappa shape index (κ1) is 16.9. The molecule has 5 nitrogen and oxygen atoms in total. The minimum absolute atomic E-state index is 0.160. The van der Waals surface area contributed by atoms with Crippen molar-refractivity contribution in [3.8, 4) is 11.8 Å². The maximum atomic E-state index is 12.5. The lowest BCUT2D eigenvalue weighted by molar-refractivity contribution is -0.122. The Morgan fingerprint density at radius 2 is 1.76 bits per heavy atom. The summed E-state index contributed by atoms with van der Waals surface area (Å²) in [6.07, 6.45) is 3.23. The second kappa shape index (κ2) is 7.30. The summed E-state index contributed by atoms with van der Waals surface area (Å²) in [4.78, 5) is 12.9. The molecule has 1 amide bonds. The summed E-state index contributed by atoms with van der Waals surface area (Å²) in [5, 5.41) is 23.4. The second-order valence-corrected chi connectivity index (χ2v) is 6.74. The minimum Gasteiger partial charge on any atom is -0.508 e. The number of benzene rings is 2. The first-order chi connectivity index (χ1) is 12.1. The molecule has 3 rings (SSSR count). The van der Waals surface area contributed by atoms with Crippen molar-refractivity contribution in [1.29, 1.82) is 5.26 Å². The number of amides is 1. The first-order valence-corrected chi connectivity index (χ1v) is 8.40. The average molecular weight is 365 g/mol. The van der Waals surface area contributed by atoms with Gasteiger partial charge < -0.3 is 5.11 Å². The predicted molar refractivity (Wildman–Crippen MR) is 102 cm³/mol. The van der Waals surface area contributed by atoms with Crippen molar-refractivity contribution < 1.29 is 9.90 Å². The van der Waals surface area contributed by atoms with E-state index < -0.39 is 0 Å². The van der Waals surface area contributed by atoms with E-state index in [-0.39, 0.29) is 11.7 Å². The smallest absolute Gasteiger partial charge is 0.286 e. The normalized spacial score (nSPS) is 16.0. The van der Waals surface area contributed by atoms with Crippen LogP contribution in [0.2, 0.25) is 0 Å². The van der Waals surface area contributed by atoms with Crippen LogP contribution >= 0.6 is 24.0 Å². The number of thioether (sulfide) groups is 1. The molecule has 0 saturated carbocycles. The fraction of sp³-hybridized carbons (Fsp3) is 0. The van der Waals surface area contributed by atoms with Crippen LogP contribution in [-0.4, -0.2) is 26.6 Å². The Morgan fingerprint density at radius 1 is 1.12 bits per heavy atom. The number of phenols is 1. The molecule has 25 heavy (non-hydrogen) atoms. The molecule has 1 aliphatic rings. The van der Waals surface area contributed by atoms with E-state index in [1.54, 1.807) is 42.5 Å². The van der Waals surface area contributed by atoms with Gasteiger partial charge in [-0.1, -0.05) is 23.9 Å². The van der Waals surface area contributed by atoms with Crippen molar-refractivity contribution in [2.24, 2.45) is 5.10 Å². The number of nitrogens with zero attached hydrogens (tertiary/aromatic N) is 3. The van der Waals surface area contributed by atoms with E-state index in [9.17, 15) is 9.90 Å². The van der Waals surface area contributed by atoms with E-state index in [0.717, 1.165) is 11.1 Å². The van der Waals surface area contributed by atoms with Gasteiger partial charge in [0, 0.05) is 0 Å². The topological polar surface area (TPSA) is 76.7 Å². The lowest BCUT2D eigenvalue weighted by atomic mass is 10.1. The van der Waals surface area contributed by atoms with Crippen LogP contribution in [-0.2, 0) is 4.79 Å². The van der Waals surface area contributed by atoms with Crippen molar-refractivity contribution in [3.63, 3.8) is 0 Å². The first-order valence-electron chi connectivity index (χ1n) is 7.18. The zero-order valence-electron chi connectivity index (χ0n) is 12.8. The molecule has 0 aliphatic carbocycles. The maximum Gasteiger partial charge on any atom is 0.286 e. The van der Waals surface area contributed by atoms with Gasteiger partial charge in [-0.15, -0.1) is 0 Å². The molecule has 2 aromatic carbocycles. The van der Waals surface area contributed by atoms with E-state index >= 15 is 0 Å². The van der Waals surface area contributed by atoms with Crippen LogP contribution in [0.5, 0.6) is 5.75 Å². The zero-order chi connectivity index (χ0) is 17.8. The molecule has 0 radical (unpaired) electrons. The summed E-state index contributed by atoms with van der Waals surface area (Å²) in [5.74, 6) is -0.137. The van der Waals surface area contributed by atoms with Crippen LogP contribution in [0.4, 0.5) is 0 Å². The fourth-order valence-electron chi connectivity index (χ4n) is 2.05. The van der Waals surface area contributed by atoms with Crippen LogP contribution in [0.3, 0.4) is 0 Å². The second-order valence-electron chi connectivity index (χ2n) is 5.06. The van der Waals surface area contributed by atoms with Gasteiger partial charge in [0.1, 0.15) is 5.75 Å². The minimum atomic E-state index is -0.297. The number of rotatable bonds is 3. The molecule has 1 saturated heterocycles. The summed E-state index contributed by atoms with van der Waals surface area (Å²) in [6.45, 7) is 0. The Bertz CT molecular complexity index is 926. The van der Waals surface area contributed by atoms with Crippen LogP contribution in [0.15, 0.2) is 58.5 Å². The summed E-state index contributed by atoms with van der Waals surface area (Å²) in [6, 6.07) is 15.4. The molecule has 2 aromatic rings. The maximum absolute atomic E-state index is 12.5. The van der Waals surface area contributed by atoms with Crippen LogP contribution in [0.1, 0.15) is 16.7 Å². The Hall–Kier alpha value is -2.95. The average Bonchev–Trinajstić information content (AvgIpc) is 2.89. The number of hydrazone groups is 1. The van der Waals surface area contributed by atoms with Crippen LogP contribution < -0.4 is 0 Å². The van der Waals surface area contributed by atoms with Gasteiger partial charge in [0.05, 0.1) is 22.8 Å².